The third-order valence-electron chi connectivity index (χ3n) is 4.76. The van der Waals surface area contributed by atoms with Crippen molar-refractivity contribution in [2.24, 2.45) is 0 Å². The molecular weight excluding hydrogens is 398 g/mol. The van der Waals surface area contributed by atoms with E-state index in [0.717, 1.165) is 11.1 Å². The molecule has 1 aliphatic heterocycles. The van der Waals surface area contributed by atoms with Crippen LogP contribution in [0.15, 0.2) is 60.0 Å². The molecule has 0 spiro atoms. The first-order valence-electron chi connectivity index (χ1n) is 10.2. The van der Waals surface area contributed by atoms with Gasteiger partial charge in [0.25, 0.3) is 0 Å². The second kappa shape index (κ2) is 9.93. The van der Waals surface area contributed by atoms with Gasteiger partial charge in [-0.1, -0.05) is 36.4 Å². The lowest BCUT2D eigenvalue weighted by molar-refractivity contribution is -0.143. The van der Waals surface area contributed by atoms with Crippen LogP contribution in [0.5, 0.6) is 5.75 Å². The fourth-order valence-corrected chi connectivity index (χ4v) is 3.50. The zero-order valence-corrected chi connectivity index (χ0v) is 17.8. The smallest absolute Gasteiger partial charge is 0.340 e. The molecule has 3 rings (SSSR count). The number of benzene rings is 2. The maximum Gasteiger partial charge on any atom is 0.340 e. The number of hydrogen-bond acceptors (Lipinski definition) is 6. The van der Waals surface area contributed by atoms with Crippen LogP contribution >= 0.6 is 0 Å². The molecule has 0 saturated heterocycles. The van der Waals surface area contributed by atoms with Crippen LogP contribution in [0, 0.1) is 0 Å². The summed E-state index contributed by atoms with van der Waals surface area (Å²) in [5.41, 5.74) is 2.62. The summed E-state index contributed by atoms with van der Waals surface area (Å²) in [5.74, 6) is -1.81. The van der Waals surface area contributed by atoms with Crippen molar-refractivity contribution >= 4 is 17.8 Å². The molecule has 0 aliphatic carbocycles. The van der Waals surface area contributed by atoms with Crippen LogP contribution in [0.1, 0.15) is 38.7 Å². The Morgan fingerprint density at radius 2 is 1.68 bits per heavy atom. The molecule has 0 aromatic heterocycles. The number of esters is 2. The minimum Gasteiger partial charge on any atom is -0.466 e. The second-order valence-electron chi connectivity index (χ2n) is 6.93. The van der Waals surface area contributed by atoms with Crippen molar-refractivity contribution in [1.29, 1.82) is 0 Å². The van der Waals surface area contributed by atoms with Gasteiger partial charge in [0.05, 0.1) is 19.6 Å². The van der Waals surface area contributed by atoms with Gasteiger partial charge in [-0.15, -0.1) is 0 Å². The van der Waals surface area contributed by atoms with E-state index in [1.54, 1.807) is 19.9 Å². The molecule has 31 heavy (non-hydrogen) atoms. The molecule has 1 N–H and O–H groups in total. The zero-order valence-electron chi connectivity index (χ0n) is 17.8. The van der Waals surface area contributed by atoms with E-state index in [1.165, 1.54) is 6.92 Å². The number of carbonyl (C=O) groups is 3. The lowest BCUT2D eigenvalue weighted by Crippen LogP contribution is -2.33. The van der Waals surface area contributed by atoms with Gasteiger partial charge in [0, 0.05) is 18.4 Å². The van der Waals surface area contributed by atoms with Gasteiger partial charge in [-0.2, -0.15) is 0 Å². The summed E-state index contributed by atoms with van der Waals surface area (Å²) in [5, 5.41) is 2.56. The van der Waals surface area contributed by atoms with E-state index in [9.17, 15) is 14.4 Å². The highest BCUT2D eigenvalue weighted by Gasteiger charge is 2.37. The predicted octanol–water partition coefficient (Wildman–Crippen LogP) is 3.69. The van der Waals surface area contributed by atoms with Crippen LogP contribution in [-0.4, -0.2) is 31.1 Å². The van der Waals surface area contributed by atoms with Gasteiger partial charge in [0.2, 0.25) is 11.8 Å². The quantitative estimate of drug-likeness (QED) is 0.683. The molecule has 1 amide bonds. The van der Waals surface area contributed by atoms with Gasteiger partial charge in [0.1, 0.15) is 11.3 Å². The molecule has 1 heterocycles. The highest BCUT2D eigenvalue weighted by molar-refractivity contribution is 5.94. The Morgan fingerprint density at radius 3 is 2.32 bits per heavy atom. The van der Waals surface area contributed by atoms with Crippen LogP contribution in [0.3, 0.4) is 0 Å². The van der Waals surface area contributed by atoms with Gasteiger partial charge in [-0.05, 0) is 37.1 Å². The molecule has 2 aromatic carbocycles. The maximum atomic E-state index is 12.8. The molecule has 1 aliphatic rings. The number of amides is 1. The van der Waals surface area contributed by atoms with Crippen LogP contribution in [0.4, 0.5) is 0 Å². The van der Waals surface area contributed by atoms with Crippen molar-refractivity contribution in [2.45, 2.75) is 33.1 Å². The summed E-state index contributed by atoms with van der Waals surface area (Å²) in [6.45, 7) is 5.07. The topological polar surface area (TPSA) is 90.9 Å². The molecule has 0 saturated carbocycles. The van der Waals surface area contributed by atoms with E-state index in [-0.39, 0.29) is 31.1 Å². The summed E-state index contributed by atoms with van der Waals surface area (Å²) in [7, 11) is 0. The first-order valence-corrected chi connectivity index (χ1v) is 10.2. The molecule has 0 bridgehead atoms. The van der Waals surface area contributed by atoms with Gasteiger partial charge < -0.3 is 14.2 Å². The normalized spacial score (nSPS) is 14.9. The van der Waals surface area contributed by atoms with Crippen LogP contribution in [-0.2, 0) is 23.9 Å². The van der Waals surface area contributed by atoms with Crippen molar-refractivity contribution in [2.75, 3.05) is 13.2 Å². The van der Waals surface area contributed by atoms with Gasteiger partial charge in [0.15, 0.2) is 0 Å². The molecule has 0 radical (unpaired) electrons. The van der Waals surface area contributed by atoms with Crippen LogP contribution in [0.2, 0.25) is 0 Å². The number of nitrogens with one attached hydrogen (secondary N) is 1. The molecule has 7 nitrogen and oxygen atoms in total. The van der Waals surface area contributed by atoms with E-state index in [1.807, 2.05) is 42.5 Å². The second-order valence-corrected chi connectivity index (χ2v) is 6.93. The van der Waals surface area contributed by atoms with Crippen molar-refractivity contribution in [3.8, 4) is 16.9 Å². The van der Waals surface area contributed by atoms with Gasteiger partial charge in [-0.3, -0.25) is 14.9 Å². The summed E-state index contributed by atoms with van der Waals surface area (Å²) in [6, 6.07) is 15.3. The molecule has 7 heteroatoms. The van der Waals surface area contributed by atoms with Crippen molar-refractivity contribution in [3.05, 3.63) is 65.6 Å². The number of carbonyl (C=O) groups excluding carboxylic acids is 3. The van der Waals surface area contributed by atoms with Gasteiger partial charge in [-0.25, -0.2) is 4.79 Å². The Morgan fingerprint density at radius 1 is 0.968 bits per heavy atom. The SMILES string of the molecule is CCOC(=O)CC1C(C(=O)OCC)=C(NC(C)=O)Oc2ccc(-c3ccccc3)cc21. The standard InChI is InChI=1S/C24H25NO6/c1-4-29-21(27)14-19-18-13-17(16-9-7-6-8-10-16)11-12-20(18)31-23(25-15(3)26)22(19)24(28)30-5-2/h6-13,19H,4-5,14H2,1-3H3,(H,25,26). The molecule has 2 aromatic rings. The fourth-order valence-electron chi connectivity index (χ4n) is 3.50. The summed E-state index contributed by atoms with van der Waals surface area (Å²) in [6.07, 6.45) is -0.0975. The minimum absolute atomic E-state index is 0.0276. The van der Waals surface area contributed by atoms with Crippen molar-refractivity contribution in [1.82, 2.24) is 5.32 Å². The van der Waals surface area contributed by atoms with E-state index < -0.39 is 23.8 Å². The lowest BCUT2D eigenvalue weighted by atomic mass is 9.84. The Balaban J connectivity index is 2.14. The molecule has 1 unspecified atom stereocenters. The summed E-state index contributed by atoms with van der Waals surface area (Å²) in [4.78, 5) is 37.0. The Bertz CT molecular complexity index is 1010. The number of ether oxygens (including phenoxy) is 3. The van der Waals surface area contributed by atoms with E-state index >= 15 is 0 Å². The maximum absolute atomic E-state index is 12.8. The molecule has 162 valence electrons. The van der Waals surface area contributed by atoms with E-state index in [0.29, 0.717) is 11.3 Å². The first kappa shape index (κ1) is 22.1. The highest BCUT2D eigenvalue weighted by Crippen LogP contribution is 2.43. The Kier molecular flexibility index (Phi) is 7.07. The number of rotatable bonds is 7. The third-order valence-corrected chi connectivity index (χ3v) is 4.76. The summed E-state index contributed by atoms with van der Waals surface area (Å²) < 4.78 is 16.2. The highest BCUT2D eigenvalue weighted by atomic mass is 16.5. The first-order chi connectivity index (χ1) is 14.9. The predicted molar refractivity (Wildman–Crippen MR) is 114 cm³/mol. The van der Waals surface area contributed by atoms with Gasteiger partial charge >= 0.3 is 11.9 Å². The summed E-state index contributed by atoms with van der Waals surface area (Å²) >= 11 is 0. The average Bonchev–Trinajstić information content (AvgIpc) is 2.74. The lowest BCUT2D eigenvalue weighted by Gasteiger charge is -2.29. The number of hydrogen-bond donors (Lipinski definition) is 1. The third kappa shape index (κ3) is 5.12. The van der Waals surface area contributed by atoms with E-state index in [4.69, 9.17) is 14.2 Å². The van der Waals surface area contributed by atoms with Crippen molar-refractivity contribution in [3.63, 3.8) is 0 Å². The average molecular weight is 423 g/mol. The molecule has 0 fully saturated rings. The number of fused-ring (bicyclic) bond motifs is 1. The monoisotopic (exact) mass is 423 g/mol. The molecule has 1 atom stereocenters. The van der Waals surface area contributed by atoms with E-state index in [2.05, 4.69) is 5.32 Å². The van der Waals surface area contributed by atoms with Crippen molar-refractivity contribution < 1.29 is 28.6 Å². The fraction of sp³-hybridized carbons (Fsp3) is 0.292. The van der Waals surface area contributed by atoms with Crippen LogP contribution < -0.4 is 10.1 Å². The van der Waals surface area contributed by atoms with Crippen LogP contribution in [0.25, 0.3) is 11.1 Å². The molecular formula is C24H25NO6. The minimum atomic E-state index is -0.702. The Labute approximate surface area is 181 Å². The zero-order chi connectivity index (χ0) is 22.4. The Hall–Kier alpha value is -3.61. The largest absolute Gasteiger partial charge is 0.466 e.